The summed E-state index contributed by atoms with van der Waals surface area (Å²) >= 11 is 0. The first-order chi connectivity index (χ1) is 7.93. The summed E-state index contributed by atoms with van der Waals surface area (Å²) in [6, 6.07) is 10.9. The van der Waals surface area contributed by atoms with Gasteiger partial charge in [0, 0.05) is 19.6 Å². The molecule has 1 unspecified atom stereocenters. The molecule has 2 heteroatoms. The second-order valence-electron chi connectivity index (χ2n) is 4.97. The predicted octanol–water partition coefficient (Wildman–Crippen LogP) is 2.95. The molecule has 3 rings (SSSR count). The number of hydrogen-bond acceptors (Lipinski definition) is 2. The van der Waals surface area contributed by atoms with Crippen LogP contribution >= 0.6 is 0 Å². The van der Waals surface area contributed by atoms with E-state index < -0.39 is 0 Å². The van der Waals surface area contributed by atoms with E-state index in [0.717, 1.165) is 12.7 Å². The van der Waals surface area contributed by atoms with E-state index in [2.05, 4.69) is 40.1 Å². The third-order valence-electron chi connectivity index (χ3n) is 3.87. The van der Waals surface area contributed by atoms with Crippen molar-refractivity contribution < 1.29 is 0 Å². The number of rotatable bonds is 2. The van der Waals surface area contributed by atoms with Crippen LogP contribution in [-0.2, 0) is 6.54 Å². The van der Waals surface area contributed by atoms with Crippen molar-refractivity contribution >= 4 is 0 Å². The molecular weight excluding hydrogens is 208 g/mol. The van der Waals surface area contributed by atoms with E-state index in [0.29, 0.717) is 0 Å². The molecule has 0 radical (unpaired) electrons. The first-order valence-corrected chi connectivity index (χ1v) is 6.45. The molecule has 2 heterocycles. The highest BCUT2D eigenvalue weighted by atomic mass is 15.4. The highest BCUT2D eigenvalue weighted by molar-refractivity contribution is 5.14. The van der Waals surface area contributed by atoms with E-state index in [9.17, 15) is 0 Å². The number of hydrogen-bond donors (Lipinski definition) is 0. The standard InChI is InChI=1S/C14H20N2.CH4/c1-2-6-13(7-3-1)12-16-11-5-10-15-9-4-8-14(15)16;/h1-3,6-7,14H,4-5,8-12H2;1H4. The molecule has 2 fully saturated rings. The van der Waals surface area contributed by atoms with E-state index in [1.54, 1.807) is 0 Å². The van der Waals surface area contributed by atoms with Gasteiger partial charge in [0.05, 0.1) is 6.17 Å². The van der Waals surface area contributed by atoms with Crippen LogP contribution in [0.3, 0.4) is 0 Å². The van der Waals surface area contributed by atoms with Gasteiger partial charge < -0.3 is 0 Å². The van der Waals surface area contributed by atoms with E-state index in [1.807, 2.05) is 0 Å². The van der Waals surface area contributed by atoms with Gasteiger partial charge in [-0.3, -0.25) is 9.80 Å². The van der Waals surface area contributed by atoms with Gasteiger partial charge in [-0.25, -0.2) is 0 Å². The molecule has 17 heavy (non-hydrogen) atoms. The maximum atomic E-state index is 2.66. The lowest BCUT2D eigenvalue weighted by molar-refractivity contribution is 0.0287. The fraction of sp³-hybridized carbons (Fsp3) is 0.600. The van der Waals surface area contributed by atoms with Crippen molar-refractivity contribution in [1.29, 1.82) is 0 Å². The number of fused-ring (bicyclic) bond motifs is 1. The van der Waals surface area contributed by atoms with Crippen LogP contribution < -0.4 is 0 Å². The fourth-order valence-electron chi connectivity index (χ4n) is 3.11. The molecule has 0 aliphatic carbocycles. The molecule has 0 saturated carbocycles. The third-order valence-corrected chi connectivity index (χ3v) is 3.87. The molecule has 0 N–H and O–H groups in total. The Morgan fingerprint density at radius 1 is 1.00 bits per heavy atom. The lowest BCUT2D eigenvalue weighted by atomic mass is 10.1. The average Bonchev–Trinajstić information content (AvgIpc) is 2.80. The van der Waals surface area contributed by atoms with Crippen molar-refractivity contribution in [2.45, 2.75) is 39.4 Å². The fourth-order valence-corrected chi connectivity index (χ4v) is 3.11. The zero-order valence-electron chi connectivity index (χ0n) is 9.81. The van der Waals surface area contributed by atoms with Gasteiger partial charge in [-0.2, -0.15) is 0 Å². The van der Waals surface area contributed by atoms with Crippen molar-refractivity contribution in [3.05, 3.63) is 35.9 Å². The number of benzene rings is 1. The Bertz CT molecular complexity index is 336. The maximum Gasteiger partial charge on any atom is 0.0625 e. The molecule has 0 spiro atoms. The molecule has 2 aliphatic heterocycles. The summed E-state index contributed by atoms with van der Waals surface area (Å²) < 4.78 is 0. The Balaban J connectivity index is 0.00000108. The second-order valence-corrected chi connectivity index (χ2v) is 4.97. The average molecular weight is 232 g/mol. The molecular formula is C15H24N2. The third kappa shape index (κ3) is 2.70. The highest BCUT2D eigenvalue weighted by Crippen LogP contribution is 2.26. The summed E-state index contributed by atoms with van der Waals surface area (Å²) in [5.41, 5.74) is 1.45. The zero-order chi connectivity index (χ0) is 10.8. The molecule has 0 aromatic heterocycles. The van der Waals surface area contributed by atoms with Gasteiger partial charge in [-0.1, -0.05) is 37.8 Å². The summed E-state index contributed by atoms with van der Waals surface area (Å²) in [5, 5.41) is 0. The first-order valence-electron chi connectivity index (χ1n) is 6.45. The Hall–Kier alpha value is -0.860. The lowest BCUT2D eigenvalue weighted by Gasteiger charge is -2.40. The van der Waals surface area contributed by atoms with Crippen molar-refractivity contribution in [1.82, 2.24) is 9.80 Å². The van der Waals surface area contributed by atoms with E-state index in [-0.39, 0.29) is 7.43 Å². The van der Waals surface area contributed by atoms with E-state index in [4.69, 9.17) is 0 Å². The SMILES string of the molecule is C.c1ccc(CN2CCCN3CCCC32)cc1. The van der Waals surface area contributed by atoms with Gasteiger partial charge in [-0.05, 0) is 31.4 Å². The summed E-state index contributed by atoms with van der Waals surface area (Å²) in [6.45, 7) is 5.03. The Morgan fingerprint density at radius 2 is 1.76 bits per heavy atom. The monoisotopic (exact) mass is 232 g/mol. The summed E-state index contributed by atoms with van der Waals surface area (Å²) in [6.07, 6.45) is 4.82. The molecule has 0 amide bonds. The van der Waals surface area contributed by atoms with Crippen LogP contribution in [0, 0.1) is 0 Å². The van der Waals surface area contributed by atoms with Crippen LogP contribution in [0.25, 0.3) is 0 Å². The van der Waals surface area contributed by atoms with Crippen LogP contribution in [0.1, 0.15) is 32.3 Å². The minimum Gasteiger partial charge on any atom is -0.288 e. The van der Waals surface area contributed by atoms with Crippen molar-refractivity contribution in [3.63, 3.8) is 0 Å². The van der Waals surface area contributed by atoms with Crippen LogP contribution in [0.2, 0.25) is 0 Å². The van der Waals surface area contributed by atoms with Crippen molar-refractivity contribution in [2.24, 2.45) is 0 Å². The molecule has 94 valence electrons. The molecule has 2 saturated heterocycles. The van der Waals surface area contributed by atoms with Gasteiger partial charge in [-0.15, -0.1) is 0 Å². The predicted molar refractivity (Wildman–Crippen MR) is 72.8 cm³/mol. The Labute approximate surface area is 105 Å². The van der Waals surface area contributed by atoms with Gasteiger partial charge in [0.15, 0.2) is 0 Å². The summed E-state index contributed by atoms with van der Waals surface area (Å²) in [7, 11) is 0. The minimum atomic E-state index is 0. The molecule has 1 aromatic rings. The maximum absolute atomic E-state index is 2.66. The van der Waals surface area contributed by atoms with Crippen LogP contribution in [-0.4, -0.2) is 35.6 Å². The molecule has 2 nitrogen and oxygen atoms in total. The Kier molecular flexibility index (Phi) is 4.19. The second kappa shape index (κ2) is 5.65. The van der Waals surface area contributed by atoms with Gasteiger partial charge in [0.1, 0.15) is 0 Å². The lowest BCUT2D eigenvalue weighted by Crippen LogP contribution is -2.49. The smallest absolute Gasteiger partial charge is 0.0625 e. The summed E-state index contributed by atoms with van der Waals surface area (Å²) in [4.78, 5) is 5.32. The largest absolute Gasteiger partial charge is 0.288 e. The van der Waals surface area contributed by atoms with Crippen LogP contribution in [0.15, 0.2) is 30.3 Å². The molecule has 1 atom stereocenters. The van der Waals surface area contributed by atoms with Crippen molar-refractivity contribution in [3.8, 4) is 0 Å². The van der Waals surface area contributed by atoms with E-state index >= 15 is 0 Å². The van der Waals surface area contributed by atoms with Crippen LogP contribution in [0.5, 0.6) is 0 Å². The van der Waals surface area contributed by atoms with Crippen LogP contribution in [0.4, 0.5) is 0 Å². The summed E-state index contributed by atoms with van der Waals surface area (Å²) in [5.74, 6) is 0. The highest BCUT2D eigenvalue weighted by Gasteiger charge is 2.32. The van der Waals surface area contributed by atoms with Gasteiger partial charge in [0.25, 0.3) is 0 Å². The zero-order valence-corrected chi connectivity index (χ0v) is 9.81. The quantitative estimate of drug-likeness (QED) is 0.773. The molecule has 2 aliphatic rings. The Morgan fingerprint density at radius 3 is 2.59 bits per heavy atom. The minimum absolute atomic E-state index is 0. The molecule has 0 bridgehead atoms. The van der Waals surface area contributed by atoms with Gasteiger partial charge in [0.2, 0.25) is 0 Å². The van der Waals surface area contributed by atoms with Crippen molar-refractivity contribution in [2.75, 3.05) is 19.6 Å². The topological polar surface area (TPSA) is 6.48 Å². The number of nitrogens with zero attached hydrogens (tertiary/aromatic N) is 2. The first kappa shape index (κ1) is 12.6. The van der Waals surface area contributed by atoms with Gasteiger partial charge >= 0.3 is 0 Å². The van der Waals surface area contributed by atoms with E-state index in [1.165, 1.54) is 44.5 Å². The molecule has 1 aromatic carbocycles. The normalized spacial score (nSPS) is 25.3.